The Morgan fingerprint density at radius 1 is 1.25 bits per heavy atom. The summed E-state index contributed by atoms with van der Waals surface area (Å²) in [6.45, 7) is 0.694. The normalized spacial score (nSPS) is 8.42. The number of aryl methyl sites for hydroxylation is 1. The zero-order chi connectivity index (χ0) is 7.40. The summed E-state index contributed by atoms with van der Waals surface area (Å²) in [7, 11) is 0. The van der Waals surface area contributed by atoms with E-state index in [-0.39, 0.29) is 24.8 Å². The highest BCUT2D eigenvalue weighted by Gasteiger charge is 1.98. The molecule has 0 unspecified atom stereocenters. The van der Waals surface area contributed by atoms with Crippen molar-refractivity contribution in [1.29, 1.82) is 0 Å². The lowest BCUT2D eigenvalue weighted by Crippen LogP contribution is -1.99. The Hall–Kier alpha value is -0.100. The van der Waals surface area contributed by atoms with Gasteiger partial charge in [0.05, 0.1) is 0 Å². The maximum Gasteiger partial charge on any atom is 0.203 e. The summed E-state index contributed by atoms with van der Waals surface area (Å²) in [5.41, 5.74) is 10.7. The van der Waals surface area contributed by atoms with Crippen molar-refractivity contribution in [2.75, 3.05) is 12.3 Å². The fourth-order valence-electron chi connectivity index (χ4n) is 0.621. The van der Waals surface area contributed by atoms with E-state index in [1.165, 1.54) is 11.3 Å². The van der Waals surface area contributed by atoms with Crippen LogP contribution in [0.4, 0.5) is 5.13 Å². The minimum Gasteiger partial charge on any atom is -0.374 e. The Morgan fingerprint density at radius 3 is 2.33 bits per heavy atom. The van der Waals surface area contributed by atoms with Crippen molar-refractivity contribution in [3.63, 3.8) is 0 Å². The first-order chi connectivity index (χ1) is 4.83. The summed E-state index contributed by atoms with van der Waals surface area (Å²) in [6.07, 6.45) is 1.85. The van der Waals surface area contributed by atoms with Crippen LogP contribution in [0.1, 0.15) is 11.4 Å². The van der Waals surface area contributed by atoms with Gasteiger partial charge in [0, 0.05) is 6.42 Å². The number of nitrogen functional groups attached to an aromatic ring is 1. The summed E-state index contributed by atoms with van der Waals surface area (Å²) >= 11 is 1.43. The summed E-state index contributed by atoms with van der Waals surface area (Å²) in [5, 5.41) is 9.03. The third kappa shape index (κ3) is 4.71. The molecule has 12 heavy (non-hydrogen) atoms. The fourth-order valence-corrected chi connectivity index (χ4v) is 1.27. The zero-order valence-electron chi connectivity index (χ0n) is 6.40. The summed E-state index contributed by atoms with van der Waals surface area (Å²) in [4.78, 5) is 0. The quantitative estimate of drug-likeness (QED) is 0.808. The average molecular weight is 231 g/mol. The predicted octanol–water partition coefficient (Wildman–Crippen LogP) is 0.855. The highest BCUT2D eigenvalue weighted by molar-refractivity contribution is 7.15. The molecule has 0 bridgehead atoms. The molecule has 0 saturated heterocycles. The Bertz CT molecular complexity index is 205. The minimum absolute atomic E-state index is 0. The minimum atomic E-state index is 0. The fraction of sp³-hybridized carbons (Fsp3) is 0.600. The number of rotatable bonds is 3. The molecule has 0 spiro atoms. The molecule has 0 fully saturated rings. The SMILES string of the molecule is Cl.Cl.NCCCc1nnc(N)s1. The van der Waals surface area contributed by atoms with E-state index < -0.39 is 0 Å². The molecular weight excluding hydrogens is 219 g/mol. The number of nitrogens with two attached hydrogens (primary N) is 2. The molecule has 0 radical (unpaired) electrons. The monoisotopic (exact) mass is 230 g/mol. The van der Waals surface area contributed by atoms with Crippen LogP contribution in [0.2, 0.25) is 0 Å². The van der Waals surface area contributed by atoms with Gasteiger partial charge in [0.2, 0.25) is 5.13 Å². The molecule has 0 saturated carbocycles. The highest BCUT2D eigenvalue weighted by Crippen LogP contribution is 2.11. The molecule has 72 valence electrons. The first-order valence-corrected chi connectivity index (χ1v) is 3.92. The van der Waals surface area contributed by atoms with Crippen molar-refractivity contribution < 1.29 is 0 Å². The van der Waals surface area contributed by atoms with E-state index in [2.05, 4.69) is 10.2 Å². The maximum atomic E-state index is 5.36. The molecule has 0 aliphatic rings. The second kappa shape index (κ2) is 7.54. The molecule has 0 amide bonds. The van der Waals surface area contributed by atoms with Gasteiger partial charge in [-0.05, 0) is 13.0 Å². The molecule has 0 aliphatic carbocycles. The number of hydrogen-bond acceptors (Lipinski definition) is 5. The third-order valence-corrected chi connectivity index (χ3v) is 1.89. The zero-order valence-corrected chi connectivity index (χ0v) is 8.84. The molecule has 0 aliphatic heterocycles. The van der Waals surface area contributed by atoms with E-state index in [9.17, 15) is 0 Å². The van der Waals surface area contributed by atoms with Crippen molar-refractivity contribution >= 4 is 41.3 Å². The molecule has 0 atom stereocenters. The Balaban J connectivity index is 0. The van der Waals surface area contributed by atoms with Crippen LogP contribution in [0.15, 0.2) is 0 Å². The molecule has 0 aromatic carbocycles. The molecule has 1 heterocycles. The average Bonchev–Trinajstić information content (AvgIpc) is 2.31. The van der Waals surface area contributed by atoms with Gasteiger partial charge in [0.1, 0.15) is 5.01 Å². The number of hydrogen-bond donors (Lipinski definition) is 2. The largest absolute Gasteiger partial charge is 0.374 e. The van der Waals surface area contributed by atoms with E-state index in [4.69, 9.17) is 11.5 Å². The number of anilines is 1. The second-order valence-electron chi connectivity index (χ2n) is 1.93. The van der Waals surface area contributed by atoms with Crippen LogP contribution < -0.4 is 11.5 Å². The van der Waals surface area contributed by atoms with Crippen LogP contribution in [0.3, 0.4) is 0 Å². The first-order valence-electron chi connectivity index (χ1n) is 3.11. The van der Waals surface area contributed by atoms with Gasteiger partial charge in [-0.25, -0.2) is 0 Å². The summed E-state index contributed by atoms with van der Waals surface area (Å²) < 4.78 is 0. The lowest BCUT2D eigenvalue weighted by atomic mass is 10.3. The molecule has 4 nitrogen and oxygen atoms in total. The number of aromatic nitrogens is 2. The number of nitrogens with zero attached hydrogens (tertiary/aromatic N) is 2. The van der Waals surface area contributed by atoms with Gasteiger partial charge < -0.3 is 11.5 Å². The van der Waals surface area contributed by atoms with Gasteiger partial charge in [-0.3, -0.25) is 0 Å². The molecule has 1 rings (SSSR count). The second-order valence-corrected chi connectivity index (χ2v) is 3.02. The van der Waals surface area contributed by atoms with Gasteiger partial charge in [-0.1, -0.05) is 11.3 Å². The van der Waals surface area contributed by atoms with Crippen LogP contribution in [0.25, 0.3) is 0 Å². The van der Waals surface area contributed by atoms with Gasteiger partial charge in [0.25, 0.3) is 0 Å². The first kappa shape index (κ1) is 14.4. The van der Waals surface area contributed by atoms with Crippen molar-refractivity contribution in [2.24, 2.45) is 5.73 Å². The third-order valence-electron chi connectivity index (χ3n) is 1.08. The van der Waals surface area contributed by atoms with E-state index in [1.54, 1.807) is 0 Å². The number of halogens is 2. The smallest absolute Gasteiger partial charge is 0.203 e. The molecular formula is C5H12Cl2N4S. The predicted molar refractivity (Wildman–Crippen MR) is 56.2 cm³/mol. The summed E-state index contributed by atoms with van der Waals surface area (Å²) in [6, 6.07) is 0. The van der Waals surface area contributed by atoms with Crippen LogP contribution in [-0.2, 0) is 6.42 Å². The lowest BCUT2D eigenvalue weighted by Gasteiger charge is -1.88. The van der Waals surface area contributed by atoms with E-state index in [0.29, 0.717) is 11.7 Å². The lowest BCUT2D eigenvalue weighted by molar-refractivity contribution is 0.813. The van der Waals surface area contributed by atoms with Crippen molar-refractivity contribution in [3.8, 4) is 0 Å². The summed E-state index contributed by atoms with van der Waals surface area (Å²) in [5.74, 6) is 0. The Kier molecular flexibility index (Phi) is 9.07. The van der Waals surface area contributed by atoms with Gasteiger partial charge in [-0.2, -0.15) is 0 Å². The van der Waals surface area contributed by atoms with E-state index in [0.717, 1.165) is 17.8 Å². The van der Waals surface area contributed by atoms with Crippen LogP contribution in [-0.4, -0.2) is 16.7 Å². The van der Waals surface area contributed by atoms with Gasteiger partial charge in [-0.15, -0.1) is 35.0 Å². The Labute approximate surface area is 87.6 Å². The highest BCUT2D eigenvalue weighted by atomic mass is 35.5. The molecule has 4 N–H and O–H groups in total. The topological polar surface area (TPSA) is 77.8 Å². The van der Waals surface area contributed by atoms with Crippen LogP contribution in [0, 0.1) is 0 Å². The molecule has 7 heteroatoms. The van der Waals surface area contributed by atoms with Crippen LogP contribution >= 0.6 is 36.2 Å². The van der Waals surface area contributed by atoms with Crippen molar-refractivity contribution in [3.05, 3.63) is 5.01 Å². The van der Waals surface area contributed by atoms with Crippen molar-refractivity contribution in [1.82, 2.24) is 10.2 Å². The van der Waals surface area contributed by atoms with Crippen LogP contribution in [0.5, 0.6) is 0 Å². The maximum absolute atomic E-state index is 5.36. The van der Waals surface area contributed by atoms with E-state index >= 15 is 0 Å². The molecule has 1 aromatic rings. The molecule has 1 aromatic heterocycles. The standard InChI is InChI=1S/C5H10N4S.2ClH/c6-3-1-2-4-8-9-5(7)10-4;;/h1-3,6H2,(H2,7,9);2*1H. The van der Waals surface area contributed by atoms with Gasteiger partial charge in [0.15, 0.2) is 0 Å². The van der Waals surface area contributed by atoms with Crippen molar-refractivity contribution in [2.45, 2.75) is 12.8 Å². The van der Waals surface area contributed by atoms with E-state index in [1.807, 2.05) is 0 Å². The van der Waals surface area contributed by atoms with Gasteiger partial charge >= 0.3 is 0 Å². The Morgan fingerprint density at radius 2 is 1.92 bits per heavy atom.